The highest BCUT2D eigenvalue weighted by Crippen LogP contribution is 2.57. The summed E-state index contributed by atoms with van der Waals surface area (Å²) in [6.45, 7) is 5.02. The lowest BCUT2D eigenvalue weighted by Gasteiger charge is -2.31. The quantitative estimate of drug-likeness (QED) is 0.147. The predicted molar refractivity (Wildman–Crippen MR) is 179 cm³/mol. The van der Waals surface area contributed by atoms with E-state index in [4.69, 9.17) is 26.8 Å². The Balaban J connectivity index is 1.16. The minimum atomic E-state index is -2.04. The molecule has 1 saturated carbocycles. The van der Waals surface area contributed by atoms with Gasteiger partial charge in [0.1, 0.15) is 23.8 Å². The van der Waals surface area contributed by atoms with Crippen LogP contribution in [0.1, 0.15) is 41.7 Å². The summed E-state index contributed by atoms with van der Waals surface area (Å²) < 4.78 is 13.7. The fourth-order valence-electron chi connectivity index (χ4n) is 6.52. The molecule has 1 saturated heterocycles. The molecule has 14 nitrogen and oxygen atoms in total. The van der Waals surface area contributed by atoms with E-state index in [2.05, 4.69) is 19.9 Å². The summed E-state index contributed by atoms with van der Waals surface area (Å²) in [5.41, 5.74) is 6.67. The van der Waals surface area contributed by atoms with Crippen LogP contribution < -0.4 is 5.73 Å². The number of carbonyl (C=O) groups is 2. The highest BCUT2D eigenvalue weighted by molar-refractivity contribution is 7.07. The van der Waals surface area contributed by atoms with Crippen molar-refractivity contribution in [3.63, 3.8) is 0 Å². The number of thiazole rings is 1. The number of hydrogen-bond donors (Lipinski definition) is 4. The smallest absolute Gasteiger partial charge is 0.342 e. The Bertz CT molecular complexity index is 2040. The molecule has 3 aromatic heterocycles. The van der Waals surface area contributed by atoms with E-state index in [0.717, 1.165) is 11.1 Å². The molecular formula is C33H32ClN7O7S. The first-order valence-electron chi connectivity index (χ1n) is 15.5. The number of rotatable bonds is 11. The number of nitrogens with zero attached hydrogens (tertiary/aromatic N) is 6. The number of imidazole rings is 1. The molecule has 1 aliphatic carbocycles. The molecule has 5 aromatic rings. The van der Waals surface area contributed by atoms with Crippen LogP contribution in [0.3, 0.4) is 0 Å². The molecule has 0 radical (unpaired) electrons. The van der Waals surface area contributed by atoms with Crippen molar-refractivity contribution in [2.75, 3.05) is 18.8 Å². The molecule has 1 aliphatic heterocycles. The largest absolute Gasteiger partial charge is 0.479 e. The minimum absolute atomic E-state index is 0.0335. The van der Waals surface area contributed by atoms with E-state index in [1.54, 1.807) is 28.5 Å². The van der Waals surface area contributed by atoms with Crippen LogP contribution in [0.15, 0.2) is 65.7 Å². The van der Waals surface area contributed by atoms with Crippen molar-refractivity contribution < 1.29 is 34.4 Å². The van der Waals surface area contributed by atoms with E-state index < -0.39 is 41.7 Å². The minimum Gasteiger partial charge on any atom is -0.479 e. The maximum atomic E-state index is 13.2. The van der Waals surface area contributed by atoms with Gasteiger partial charge in [-0.05, 0) is 48.2 Å². The Morgan fingerprint density at radius 3 is 2.51 bits per heavy atom. The number of amides is 1. The second-order valence-corrected chi connectivity index (χ2v) is 13.0. The molecule has 2 aromatic carbocycles. The number of halogens is 1. The Morgan fingerprint density at radius 2 is 1.88 bits per heavy atom. The van der Waals surface area contributed by atoms with Gasteiger partial charge in [-0.25, -0.2) is 14.8 Å². The van der Waals surface area contributed by atoms with Gasteiger partial charge in [0.15, 0.2) is 23.3 Å². The van der Waals surface area contributed by atoms with Crippen molar-refractivity contribution in [1.29, 1.82) is 0 Å². The Morgan fingerprint density at radius 1 is 1.14 bits per heavy atom. The van der Waals surface area contributed by atoms with Crippen molar-refractivity contribution in [2.24, 2.45) is 0 Å². The van der Waals surface area contributed by atoms with Crippen molar-refractivity contribution in [3.05, 3.63) is 87.9 Å². The third-order valence-corrected chi connectivity index (χ3v) is 10.0. The van der Waals surface area contributed by atoms with E-state index in [1.165, 1.54) is 27.7 Å². The first kappa shape index (κ1) is 33.0. The fraction of sp³-hybridized carbons (Fsp3) is 0.333. The number of fused-ring (bicyclic) bond motifs is 2. The van der Waals surface area contributed by atoms with Gasteiger partial charge < -0.3 is 35.4 Å². The normalized spacial score (nSPS) is 24.0. The lowest BCUT2D eigenvalue weighted by atomic mass is 9.90. The first-order valence-corrected chi connectivity index (χ1v) is 16.8. The molecule has 49 heavy (non-hydrogen) atoms. The van der Waals surface area contributed by atoms with Crippen LogP contribution in [0.25, 0.3) is 22.3 Å². The highest BCUT2D eigenvalue weighted by atomic mass is 35.5. The zero-order valence-electron chi connectivity index (χ0n) is 26.3. The van der Waals surface area contributed by atoms with Crippen LogP contribution in [-0.2, 0) is 26.3 Å². The van der Waals surface area contributed by atoms with E-state index in [9.17, 15) is 24.9 Å². The molecule has 2 fully saturated rings. The topological polar surface area (TPSA) is 199 Å². The predicted octanol–water partition coefficient (Wildman–Crippen LogP) is 3.28. The fourth-order valence-corrected chi connectivity index (χ4v) is 7.31. The summed E-state index contributed by atoms with van der Waals surface area (Å²) in [5.74, 6) is -1.38. The number of nitrogens with two attached hydrogens (primary N) is 1. The van der Waals surface area contributed by atoms with E-state index in [0.29, 0.717) is 24.2 Å². The number of carboxylic acid groups (broad SMARTS) is 1. The number of aliphatic hydroxyl groups excluding tert-OH is 1. The molecule has 7 rings (SSSR count). The molecule has 4 heterocycles. The molecule has 2 unspecified atom stereocenters. The molecule has 1 amide bonds. The molecule has 6 atom stereocenters. The van der Waals surface area contributed by atoms with Gasteiger partial charge in [0.05, 0.1) is 17.5 Å². The summed E-state index contributed by atoms with van der Waals surface area (Å²) in [6.07, 6.45) is -3.83. The summed E-state index contributed by atoms with van der Waals surface area (Å²) >= 11 is 7.19. The number of aliphatic carboxylic acids is 1. The number of aliphatic hydroxyl groups is 2. The summed E-state index contributed by atoms with van der Waals surface area (Å²) in [4.78, 5) is 44.6. The monoisotopic (exact) mass is 705 g/mol. The highest BCUT2D eigenvalue weighted by Gasteiger charge is 2.79. The van der Waals surface area contributed by atoms with Gasteiger partial charge in [0.25, 0.3) is 5.91 Å². The van der Waals surface area contributed by atoms with Gasteiger partial charge in [-0.1, -0.05) is 42.5 Å². The number of ether oxygens (including phenoxy) is 2. The number of carbonyl (C=O) groups excluding carboxylic acids is 1. The average molecular weight is 706 g/mol. The second-order valence-electron chi connectivity index (χ2n) is 11.9. The Hall–Kier alpha value is -4.51. The Kier molecular flexibility index (Phi) is 8.37. The first-order chi connectivity index (χ1) is 23.5. The molecular weight excluding hydrogens is 674 g/mol. The number of anilines is 1. The van der Waals surface area contributed by atoms with Gasteiger partial charge in [-0.3, -0.25) is 9.36 Å². The number of aromatic nitrogens is 5. The molecule has 5 N–H and O–H groups in total. The van der Waals surface area contributed by atoms with Gasteiger partial charge >= 0.3 is 5.97 Å². The average Bonchev–Trinajstić information content (AvgIpc) is 3.59. The van der Waals surface area contributed by atoms with Crippen molar-refractivity contribution in [3.8, 4) is 11.1 Å². The third-order valence-electron chi connectivity index (χ3n) is 9.25. The molecule has 0 bridgehead atoms. The van der Waals surface area contributed by atoms with E-state index >= 15 is 0 Å². The Labute approximate surface area is 288 Å². The summed E-state index contributed by atoms with van der Waals surface area (Å²) in [6, 6.07) is 14.5. The van der Waals surface area contributed by atoms with Gasteiger partial charge in [-0.15, -0.1) is 11.3 Å². The zero-order valence-corrected chi connectivity index (χ0v) is 27.9. The van der Waals surface area contributed by atoms with Crippen LogP contribution in [0, 0.1) is 0 Å². The number of hydrogen-bond acceptors (Lipinski definition) is 12. The molecule has 2 aliphatic rings. The van der Waals surface area contributed by atoms with Gasteiger partial charge in [0, 0.05) is 30.5 Å². The molecule has 16 heteroatoms. The number of benzene rings is 2. The van der Waals surface area contributed by atoms with Crippen molar-refractivity contribution >= 4 is 51.8 Å². The van der Waals surface area contributed by atoms with Crippen molar-refractivity contribution in [2.45, 2.75) is 56.0 Å². The summed E-state index contributed by atoms with van der Waals surface area (Å²) in [7, 11) is 0. The van der Waals surface area contributed by atoms with Crippen molar-refractivity contribution in [1.82, 2.24) is 29.4 Å². The molecule has 254 valence electrons. The maximum absolute atomic E-state index is 13.2. The van der Waals surface area contributed by atoms with Crippen LogP contribution in [0.4, 0.5) is 5.82 Å². The maximum Gasteiger partial charge on any atom is 0.342 e. The van der Waals surface area contributed by atoms with Crippen LogP contribution in [-0.4, -0.2) is 93.6 Å². The second kappa shape index (κ2) is 12.4. The SMILES string of the molecule is CCN(CC)C(=O)c1ccccc1-c1ccc(CC(OC2[C@H]3O[C@@H](n4cnc5c(N)nc(Cl)nc54)[C@H](O)[C@@]23O)(C(=O)O)c2cscn2)cc1. The lowest BCUT2D eigenvalue weighted by molar-refractivity contribution is -0.186. The summed E-state index contributed by atoms with van der Waals surface area (Å²) in [5, 5.41) is 35.1. The zero-order chi connectivity index (χ0) is 34.7. The van der Waals surface area contributed by atoms with E-state index in [1.807, 2.05) is 44.2 Å². The van der Waals surface area contributed by atoms with Crippen LogP contribution in [0.5, 0.6) is 0 Å². The lowest BCUT2D eigenvalue weighted by Crippen LogP contribution is -2.46. The van der Waals surface area contributed by atoms with E-state index in [-0.39, 0.29) is 40.3 Å². The van der Waals surface area contributed by atoms with Crippen LogP contribution >= 0.6 is 22.9 Å². The number of nitrogen functional groups attached to an aromatic ring is 1. The van der Waals surface area contributed by atoms with Gasteiger partial charge in [-0.2, -0.15) is 9.97 Å². The number of carboxylic acids is 1. The van der Waals surface area contributed by atoms with Gasteiger partial charge in [0.2, 0.25) is 10.9 Å². The standard InChI is InChI=1S/C33H32ClN7O7S/c1-3-40(4-2)28(43)20-8-6-5-7-19(20)18-11-9-17(10-12-18)13-32(30(44)45,21-14-49-16-37-21)48-25-24-33(25,46)23(42)29(47-24)41-15-36-22-26(35)38-31(34)39-27(22)41/h5-12,14-16,23-25,29,42,46H,3-4,13H2,1-2H3,(H,44,45)(H2,35,38,39)/t23-,24+,25?,29+,32?,33-/m0/s1. The molecule has 0 spiro atoms. The van der Waals surface area contributed by atoms with Crippen LogP contribution in [0.2, 0.25) is 5.28 Å². The third kappa shape index (κ3) is 5.33.